The van der Waals surface area contributed by atoms with Gasteiger partial charge in [-0.2, -0.15) is 0 Å². The number of urea groups is 1. The van der Waals surface area contributed by atoms with E-state index >= 15 is 0 Å². The predicted octanol–water partition coefficient (Wildman–Crippen LogP) is 2.75. The van der Waals surface area contributed by atoms with Crippen LogP contribution in [0.1, 0.15) is 60.3 Å². The minimum atomic E-state index is -0.994. The summed E-state index contributed by atoms with van der Waals surface area (Å²) < 4.78 is 0. The van der Waals surface area contributed by atoms with Gasteiger partial charge in [0.25, 0.3) is 0 Å². The van der Waals surface area contributed by atoms with E-state index < -0.39 is 12.0 Å². The van der Waals surface area contributed by atoms with Crippen molar-refractivity contribution in [2.75, 3.05) is 0 Å². The molecule has 0 unspecified atom stereocenters. The van der Waals surface area contributed by atoms with Gasteiger partial charge < -0.3 is 15.7 Å². The Labute approximate surface area is 121 Å². The number of hydrogen-bond donors (Lipinski definition) is 3. The van der Waals surface area contributed by atoms with E-state index in [4.69, 9.17) is 5.11 Å². The molecule has 2 amide bonds. The second-order valence-corrected chi connectivity index (χ2v) is 7.53. The van der Waals surface area contributed by atoms with Crippen LogP contribution in [0.2, 0.25) is 0 Å². The fourth-order valence-corrected chi connectivity index (χ4v) is 3.67. The van der Waals surface area contributed by atoms with Gasteiger partial charge in [-0.3, -0.25) is 0 Å². The van der Waals surface area contributed by atoms with Crippen molar-refractivity contribution >= 4 is 12.0 Å². The van der Waals surface area contributed by atoms with E-state index in [9.17, 15) is 9.59 Å². The average Bonchev–Trinajstić information content (AvgIpc) is 2.20. The van der Waals surface area contributed by atoms with Crippen LogP contribution in [0.4, 0.5) is 4.79 Å². The molecule has 1 atom stereocenters. The Kier molecular flexibility index (Phi) is 5.05. The molecule has 1 rings (SSSR count). The van der Waals surface area contributed by atoms with E-state index in [0.717, 1.165) is 19.3 Å². The maximum absolute atomic E-state index is 11.9. The molecule has 0 aromatic heterocycles. The maximum Gasteiger partial charge on any atom is 0.326 e. The van der Waals surface area contributed by atoms with Crippen molar-refractivity contribution in [2.45, 2.75) is 72.4 Å². The zero-order chi connectivity index (χ0) is 15.6. The van der Waals surface area contributed by atoms with E-state index in [-0.39, 0.29) is 22.9 Å². The highest BCUT2D eigenvalue weighted by Gasteiger charge is 2.39. The maximum atomic E-state index is 11.9. The van der Waals surface area contributed by atoms with Crippen LogP contribution in [-0.4, -0.2) is 29.2 Å². The number of rotatable bonds is 4. The van der Waals surface area contributed by atoms with Crippen LogP contribution in [0.25, 0.3) is 0 Å². The third-order valence-electron chi connectivity index (χ3n) is 3.90. The standard InChI is InChI=1S/C15H28N2O3/c1-6-11(12(18)19)17-13(20)16-10-7-14(2,3)9-15(4,5)8-10/h10-11H,6-9H2,1-5H3,(H,18,19)(H2,16,17,20)/t11-/m1/s1. The molecule has 0 aromatic carbocycles. The SMILES string of the molecule is CC[C@@H](NC(=O)NC1CC(C)(C)CC(C)(C)C1)C(=O)O. The van der Waals surface area contributed by atoms with Crippen LogP contribution in [0.3, 0.4) is 0 Å². The van der Waals surface area contributed by atoms with Gasteiger partial charge in [0, 0.05) is 6.04 Å². The molecule has 0 radical (unpaired) electrons. The van der Waals surface area contributed by atoms with E-state index in [1.54, 1.807) is 6.92 Å². The summed E-state index contributed by atoms with van der Waals surface area (Å²) in [5, 5.41) is 14.4. The molecule has 20 heavy (non-hydrogen) atoms. The Morgan fingerprint density at radius 2 is 1.70 bits per heavy atom. The number of aliphatic carboxylic acids is 1. The van der Waals surface area contributed by atoms with Gasteiger partial charge in [0.2, 0.25) is 0 Å². The van der Waals surface area contributed by atoms with Crippen molar-refractivity contribution in [1.29, 1.82) is 0 Å². The first-order chi connectivity index (χ1) is 9.04. The summed E-state index contributed by atoms with van der Waals surface area (Å²) in [5.74, 6) is -0.994. The molecule has 0 spiro atoms. The summed E-state index contributed by atoms with van der Waals surface area (Å²) in [5.41, 5.74) is 0.382. The number of carboxylic acid groups (broad SMARTS) is 1. The molecule has 0 bridgehead atoms. The largest absolute Gasteiger partial charge is 0.480 e. The fraction of sp³-hybridized carbons (Fsp3) is 0.867. The molecule has 0 aliphatic heterocycles. The van der Waals surface area contributed by atoms with Crippen LogP contribution >= 0.6 is 0 Å². The lowest BCUT2D eigenvalue weighted by Gasteiger charge is -2.45. The average molecular weight is 284 g/mol. The normalized spacial score (nSPS) is 22.9. The lowest BCUT2D eigenvalue weighted by Crippen LogP contribution is -2.52. The molecule has 0 saturated heterocycles. The first kappa shape index (κ1) is 16.8. The Morgan fingerprint density at radius 1 is 1.20 bits per heavy atom. The number of carbonyl (C=O) groups is 2. The molecule has 1 aliphatic rings. The molecule has 1 fully saturated rings. The Hall–Kier alpha value is -1.26. The molecular formula is C15H28N2O3. The van der Waals surface area contributed by atoms with Crippen molar-refractivity contribution < 1.29 is 14.7 Å². The Balaban J connectivity index is 2.59. The molecule has 0 aromatic rings. The molecule has 1 aliphatic carbocycles. The third-order valence-corrected chi connectivity index (χ3v) is 3.90. The highest BCUT2D eigenvalue weighted by molar-refractivity contribution is 5.82. The Morgan fingerprint density at radius 3 is 2.10 bits per heavy atom. The van der Waals surface area contributed by atoms with Crippen LogP contribution < -0.4 is 10.6 Å². The van der Waals surface area contributed by atoms with Gasteiger partial charge in [0.1, 0.15) is 6.04 Å². The fourth-order valence-electron chi connectivity index (χ4n) is 3.67. The van der Waals surface area contributed by atoms with Gasteiger partial charge in [0.15, 0.2) is 0 Å². The van der Waals surface area contributed by atoms with Crippen molar-refractivity contribution in [3.63, 3.8) is 0 Å². The van der Waals surface area contributed by atoms with Gasteiger partial charge in [-0.15, -0.1) is 0 Å². The van der Waals surface area contributed by atoms with Crippen LogP contribution in [0.5, 0.6) is 0 Å². The summed E-state index contributed by atoms with van der Waals surface area (Å²) >= 11 is 0. The molecule has 116 valence electrons. The molecular weight excluding hydrogens is 256 g/mol. The zero-order valence-electron chi connectivity index (χ0n) is 13.2. The lowest BCUT2D eigenvalue weighted by molar-refractivity contribution is -0.139. The molecule has 5 nitrogen and oxygen atoms in total. The van der Waals surface area contributed by atoms with Crippen molar-refractivity contribution in [2.24, 2.45) is 10.8 Å². The topological polar surface area (TPSA) is 78.4 Å². The third kappa shape index (κ3) is 5.02. The minimum absolute atomic E-state index is 0.0973. The first-order valence-electron chi connectivity index (χ1n) is 7.34. The highest BCUT2D eigenvalue weighted by atomic mass is 16.4. The van der Waals surface area contributed by atoms with Crippen LogP contribution in [0, 0.1) is 10.8 Å². The van der Waals surface area contributed by atoms with Gasteiger partial charge in [-0.1, -0.05) is 34.6 Å². The smallest absolute Gasteiger partial charge is 0.326 e. The quantitative estimate of drug-likeness (QED) is 0.742. The summed E-state index contributed by atoms with van der Waals surface area (Å²) in [6.45, 7) is 10.6. The Bertz CT molecular complexity index is 361. The van der Waals surface area contributed by atoms with Crippen LogP contribution in [-0.2, 0) is 4.79 Å². The lowest BCUT2D eigenvalue weighted by atomic mass is 9.63. The first-order valence-corrected chi connectivity index (χ1v) is 7.34. The van der Waals surface area contributed by atoms with Gasteiger partial charge in [-0.25, -0.2) is 9.59 Å². The highest BCUT2D eigenvalue weighted by Crippen LogP contribution is 2.45. The van der Waals surface area contributed by atoms with E-state index in [2.05, 4.69) is 38.3 Å². The molecule has 3 N–H and O–H groups in total. The molecule has 5 heteroatoms. The molecule has 0 heterocycles. The number of nitrogens with one attached hydrogen (secondary N) is 2. The number of hydrogen-bond acceptors (Lipinski definition) is 2. The van der Waals surface area contributed by atoms with Crippen molar-refractivity contribution in [1.82, 2.24) is 10.6 Å². The summed E-state index contributed by atoms with van der Waals surface area (Å²) in [7, 11) is 0. The second kappa shape index (κ2) is 6.02. The number of carbonyl (C=O) groups excluding carboxylic acids is 1. The van der Waals surface area contributed by atoms with Gasteiger partial charge in [-0.05, 0) is 36.5 Å². The van der Waals surface area contributed by atoms with Crippen LogP contribution in [0.15, 0.2) is 0 Å². The van der Waals surface area contributed by atoms with Crippen molar-refractivity contribution in [3.8, 4) is 0 Å². The number of carboxylic acids is 1. The van der Waals surface area contributed by atoms with E-state index in [1.165, 1.54) is 0 Å². The second-order valence-electron chi connectivity index (χ2n) is 7.53. The minimum Gasteiger partial charge on any atom is -0.480 e. The van der Waals surface area contributed by atoms with E-state index in [0.29, 0.717) is 6.42 Å². The van der Waals surface area contributed by atoms with Gasteiger partial charge in [0.05, 0.1) is 0 Å². The van der Waals surface area contributed by atoms with Gasteiger partial charge >= 0.3 is 12.0 Å². The van der Waals surface area contributed by atoms with Crippen molar-refractivity contribution in [3.05, 3.63) is 0 Å². The predicted molar refractivity (Wildman–Crippen MR) is 78.6 cm³/mol. The summed E-state index contributed by atoms with van der Waals surface area (Å²) in [6.07, 6.45) is 3.36. The zero-order valence-corrected chi connectivity index (χ0v) is 13.2. The number of amides is 2. The molecule has 1 saturated carbocycles. The summed E-state index contributed by atoms with van der Waals surface area (Å²) in [4.78, 5) is 22.8. The summed E-state index contributed by atoms with van der Waals surface area (Å²) in [6, 6.07) is -1.10. The monoisotopic (exact) mass is 284 g/mol. The van der Waals surface area contributed by atoms with E-state index in [1.807, 2.05) is 0 Å².